The molecular weight excluding hydrogens is 352 g/mol. The third-order valence-corrected chi connectivity index (χ3v) is 4.78. The number of aliphatic hydroxyl groups excluding tert-OH is 1. The Bertz CT molecular complexity index is 891. The summed E-state index contributed by atoms with van der Waals surface area (Å²) in [7, 11) is 0. The number of benzene rings is 1. The van der Waals surface area contributed by atoms with Gasteiger partial charge in [0.2, 0.25) is 5.95 Å². The van der Waals surface area contributed by atoms with Crippen molar-refractivity contribution in [2.24, 2.45) is 0 Å². The van der Waals surface area contributed by atoms with E-state index in [0.29, 0.717) is 18.3 Å². The minimum atomic E-state index is -0.491. The van der Waals surface area contributed by atoms with Crippen molar-refractivity contribution in [3.05, 3.63) is 42.2 Å². The van der Waals surface area contributed by atoms with Crippen molar-refractivity contribution >= 4 is 22.9 Å². The van der Waals surface area contributed by atoms with E-state index in [1.54, 1.807) is 13.3 Å². The Hall–Kier alpha value is -2.67. The summed E-state index contributed by atoms with van der Waals surface area (Å²) >= 11 is 0. The molecule has 0 aliphatic carbocycles. The van der Waals surface area contributed by atoms with E-state index in [9.17, 15) is 5.11 Å². The summed E-state index contributed by atoms with van der Waals surface area (Å²) < 4.78 is 2.03. The molecule has 2 atom stereocenters. The van der Waals surface area contributed by atoms with Crippen LogP contribution in [0.15, 0.2) is 36.7 Å². The third kappa shape index (κ3) is 4.59. The zero-order valence-electron chi connectivity index (χ0n) is 17.1. The van der Waals surface area contributed by atoms with Gasteiger partial charge in [-0.3, -0.25) is 0 Å². The Labute approximate surface area is 166 Å². The molecular formula is C21H30N6O. The lowest BCUT2D eigenvalue weighted by molar-refractivity contribution is 0.166. The number of anilines is 2. The summed E-state index contributed by atoms with van der Waals surface area (Å²) in [5.74, 6) is 1.20. The molecule has 0 aliphatic heterocycles. The number of nitrogens with zero attached hydrogens (tertiary/aromatic N) is 4. The van der Waals surface area contributed by atoms with Gasteiger partial charge in [0.05, 0.1) is 18.5 Å². The highest BCUT2D eigenvalue weighted by molar-refractivity contribution is 5.84. The summed E-state index contributed by atoms with van der Waals surface area (Å²) in [5.41, 5.74) is 2.70. The number of nitrogens with one attached hydrogen (secondary N) is 2. The number of imidazole rings is 1. The van der Waals surface area contributed by atoms with E-state index < -0.39 is 6.10 Å². The molecule has 0 saturated heterocycles. The van der Waals surface area contributed by atoms with Gasteiger partial charge < -0.3 is 20.3 Å². The molecule has 7 heteroatoms. The average Bonchev–Trinajstić information content (AvgIpc) is 3.11. The van der Waals surface area contributed by atoms with Crippen LogP contribution in [-0.4, -0.2) is 36.8 Å². The Morgan fingerprint density at radius 3 is 2.50 bits per heavy atom. The highest BCUT2D eigenvalue weighted by Crippen LogP contribution is 2.24. The average molecular weight is 383 g/mol. The molecule has 3 aromatic rings. The van der Waals surface area contributed by atoms with Gasteiger partial charge in [-0.15, -0.1) is 0 Å². The van der Waals surface area contributed by atoms with E-state index in [1.807, 2.05) is 22.8 Å². The van der Waals surface area contributed by atoms with Crippen LogP contribution in [0, 0.1) is 0 Å². The van der Waals surface area contributed by atoms with Gasteiger partial charge in [0.25, 0.3) is 0 Å². The van der Waals surface area contributed by atoms with Crippen LogP contribution in [0.1, 0.15) is 52.1 Å². The largest absolute Gasteiger partial charge is 0.391 e. The van der Waals surface area contributed by atoms with Crippen molar-refractivity contribution in [1.82, 2.24) is 19.5 Å². The molecule has 0 radical (unpaired) electrons. The topological polar surface area (TPSA) is 87.9 Å². The van der Waals surface area contributed by atoms with Crippen molar-refractivity contribution in [2.75, 3.05) is 10.6 Å². The molecule has 2 heterocycles. The van der Waals surface area contributed by atoms with Gasteiger partial charge in [-0.25, -0.2) is 4.98 Å². The second kappa shape index (κ2) is 9.01. The molecule has 2 unspecified atom stereocenters. The fraction of sp³-hybridized carbons (Fsp3) is 0.476. The molecule has 0 aliphatic rings. The van der Waals surface area contributed by atoms with Crippen molar-refractivity contribution in [3.8, 4) is 0 Å². The maximum absolute atomic E-state index is 10.1. The maximum Gasteiger partial charge on any atom is 0.227 e. The third-order valence-electron chi connectivity index (χ3n) is 4.78. The zero-order valence-corrected chi connectivity index (χ0v) is 17.1. The summed E-state index contributed by atoms with van der Waals surface area (Å²) in [4.78, 5) is 13.9. The van der Waals surface area contributed by atoms with Crippen LogP contribution in [-0.2, 0) is 6.54 Å². The summed E-state index contributed by atoms with van der Waals surface area (Å²) in [5, 5.41) is 16.8. The highest BCUT2D eigenvalue weighted by Gasteiger charge is 2.19. The van der Waals surface area contributed by atoms with Crippen LogP contribution >= 0.6 is 0 Å². The molecule has 28 heavy (non-hydrogen) atoms. The van der Waals surface area contributed by atoms with E-state index in [-0.39, 0.29) is 12.1 Å². The quantitative estimate of drug-likeness (QED) is 0.519. The van der Waals surface area contributed by atoms with Crippen molar-refractivity contribution in [1.29, 1.82) is 0 Å². The van der Waals surface area contributed by atoms with Gasteiger partial charge in [-0.1, -0.05) is 43.7 Å². The summed E-state index contributed by atoms with van der Waals surface area (Å²) in [6.45, 7) is 8.74. The normalized spacial score (nSPS) is 13.6. The molecule has 2 aromatic heterocycles. The first kappa shape index (κ1) is 20.1. The minimum absolute atomic E-state index is 0.0974. The van der Waals surface area contributed by atoms with Crippen LogP contribution in [0.3, 0.4) is 0 Å². The number of hydrogen-bond donors (Lipinski definition) is 3. The van der Waals surface area contributed by atoms with Crippen LogP contribution in [0.4, 0.5) is 11.8 Å². The van der Waals surface area contributed by atoms with Crippen LogP contribution in [0.2, 0.25) is 0 Å². The Morgan fingerprint density at radius 2 is 1.86 bits per heavy atom. The number of rotatable bonds is 9. The van der Waals surface area contributed by atoms with E-state index >= 15 is 0 Å². The van der Waals surface area contributed by atoms with Gasteiger partial charge in [-0.2, -0.15) is 9.97 Å². The predicted octanol–water partition coefficient (Wildman–Crippen LogP) is 3.98. The Kier molecular flexibility index (Phi) is 6.46. The summed E-state index contributed by atoms with van der Waals surface area (Å²) in [6, 6.07) is 10.3. The van der Waals surface area contributed by atoms with E-state index in [4.69, 9.17) is 4.98 Å². The van der Waals surface area contributed by atoms with Crippen LogP contribution in [0.5, 0.6) is 0 Å². The molecule has 0 saturated carbocycles. The number of aliphatic hydroxyl groups is 1. The molecule has 3 N–H and O–H groups in total. The lowest BCUT2D eigenvalue weighted by Gasteiger charge is -2.21. The van der Waals surface area contributed by atoms with Gasteiger partial charge in [0.15, 0.2) is 17.0 Å². The minimum Gasteiger partial charge on any atom is -0.391 e. The second-order valence-electron chi connectivity index (χ2n) is 7.43. The number of aromatic nitrogens is 4. The summed E-state index contributed by atoms with van der Waals surface area (Å²) in [6.07, 6.45) is 3.12. The Morgan fingerprint density at radius 1 is 1.11 bits per heavy atom. The lowest BCUT2D eigenvalue weighted by Crippen LogP contribution is -2.32. The molecule has 0 fully saturated rings. The van der Waals surface area contributed by atoms with Crippen LogP contribution < -0.4 is 10.6 Å². The standard InChI is InChI=1S/C21H30N6O/c1-5-9-17(15(4)28)24-21-25-19(22-12-16-10-7-6-8-11-16)18-20(26-21)27(13-23-18)14(2)3/h6-8,10-11,13-15,17,28H,5,9,12H2,1-4H3,(H2,22,24,25,26). The first-order valence-electron chi connectivity index (χ1n) is 9.96. The molecule has 150 valence electrons. The molecule has 1 aromatic carbocycles. The van der Waals surface area contributed by atoms with E-state index in [2.05, 4.69) is 53.5 Å². The fourth-order valence-corrected chi connectivity index (χ4v) is 3.17. The molecule has 3 rings (SSSR count). The van der Waals surface area contributed by atoms with Crippen molar-refractivity contribution in [2.45, 2.75) is 65.3 Å². The van der Waals surface area contributed by atoms with E-state index in [1.165, 1.54) is 5.56 Å². The van der Waals surface area contributed by atoms with Gasteiger partial charge in [-0.05, 0) is 32.8 Å². The molecule has 0 spiro atoms. The first-order valence-corrected chi connectivity index (χ1v) is 9.96. The monoisotopic (exact) mass is 382 g/mol. The van der Waals surface area contributed by atoms with E-state index in [0.717, 1.165) is 24.0 Å². The predicted molar refractivity (Wildman–Crippen MR) is 113 cm³/mol. The van der Waals surface area contributed by atoms with Crippen molar-refractivity contribution < 1.29 is 5.11 Å². The number of fused-ring (bicyclic) bond motifs is 1. The van der Waals surface area contributed by atoms with Gasteiger partial charge in [0.1, 0.15) is 0 Å². The SMILES string of the molecule is CCCC(Nc1nc(NCc2ccccc2)c2ncn(C(C)C)c2n1)C(C)O. The van der Waals surface area contributed by atoms with Crippen LogP contribution in [0.25, 0.3) is 11.2 Å². The fourth-order valence-electron chi connectivity index (χ4n) is 3.17. The van der Waals surface area contributed by atoms with Gasteiger partial charge >= 0.3 is 0 Å². The second-order valence-corrected chi connectivity index (χ2v) is 7.43. The zero-order chi connectivity index (χ0) is 20.1. The smallest absolute Gasteiger partial charge is 0.227 e. The lowest BCUT2D eigenvalue weighted by atomic mass is 10.1. The van der Waals surface area contributed by atoms with Gasteiger partial charge in [0, 0.05) is 12.6 Å². The first-order chi connectivity index (χ1) is 13.5. The van der Waals surface area contributed by atoms with Crippen molar-refractivity contribution in [3.63, 3.8) is 0 Å². The maximum atomic E-state index is 10.1. The Balaban J connectivity index is 1.95. The number of hydrogen-bond acceptors (Lipinski definition) is 6. The molecule has 0 amide bonds. The molecule has 0 bridgehead atoms. The molecule has 7 nitrogen and oxygen atoms in total. The highest BCUT2D eigenvalue weighted by atomic mass is 16.3.